The Bertz CT molecular complexity index is 910. The molecule has 0 fully saturated rings. The number of aliphatic carboxylic acids is 1. The zero-order valence-corrected chi connectivity index (χ0v) is 13.8. The number of aliphatic hydroxyl groups excluding tert-OH is 1. The predicted octanol–water partition coefficient (Wildman–Crippen LogP) is 2.31. The highest BCUT2D eigenvalue weighted by Gasteiger charge is 2.39. The Kier molecular flexibility index (Phi) is 4.57. The molecule has 2 N–H and O–H groups in total. The zero-order valence-electron chi connectivity index (χ0n) is 13.8. The van der Waals surface area contributed by atoms with Gasteiger partial charge >= 0.3 is 11.9 Å². The predicted molar refractivity (Wildman–Crippen MR) is 93.0 cm³/mol. The van der Waals surface area contributed by atoms with Crippen LogP contribution in [0.5, 0.6) is 0 Å². The third-order valence-corrected chi connectivity index (χ3v) is 4.22. The highest BCUT2D eigenvalue weighted by molar-refractivity contribution is 5.83. The van der Waals surface area contributed by atoms with Crippen molar-refractivity contribution in [3.8, 4) is 0 Å². The molecule has 1 aliphatic rings. The van der Waals surface area contributed by atoms with Crippen LogP contribution in [0.4, 0.5) is 0 Å². The van der Waals surface area contributed by atoms with Crippen LogP contribution in [0, 0.1) is 5.41 Å². The number of hydrogen-bond donors (Lipinski definition) is 2. The Morgan fingerprint density at radius 1 is 1.31 bits per heavy atom. The third kappa shape index (κ3) is 3.21. The normalized spacial score (nSPS) is 19.5. The van der Waals surface area contributed by atoms with E-state index in [9.17, 15) is 19.8 Å². The molecule has 1 heterocycles. The van der Waals surface area contributed by atoms with Gasteiger partial charge in [-0.3, -0.25) is 4.79 Å². The SMILES string of the molecule is C=CC(=O)OCCC1(C(=O)O)C=C(n2nc3ccccc3n2)C(O)=CC1. The van der Waals surface area contributed by atoms with Crippen molar-refractivity contribution in [2.45, 2.75) is 12.8 Å². The summed E-state index contributed by atoms with van der Waals surface area (Å²) in [7, 11) is 0. The summed E-state index contributed by atoms with van der Waals surface area (Å²) in [6.07, 6.45) is 3.93. The Labute approximate surface area is 148 Å². The van der Waals surface area contributed by atoms with Gasteiger partial charge < -0.3 is 14.9 Å². The van der Waals surface area contributed by atoms with E-state index in [0.29, 0.717) is 11.0 Å². The second-order valence-electron chi connectivity index (χ2n) is 5.88. The third-order valence-electron chi connectivity index (χ3n) is 4.22. The minimum absolute atomic E-state index is 0.0377. The lowest BCUT2D eigenvalue weighted by Crippen LogP contribution is -2.33. The van der Waals surface area contributed by atoms with E-state index in [1.54, 1.807) is 12.1 Å². The molecule has 1 atom stereocenters. The molecular weight excluding hydrogens is 338 g/mol. The van der Waals surface area contributed by atoms with E-state index >= 15 is 0 Å². The van der Waals surface area contributed by atoms with E-state index in [2.05, 4.69) is 16.8 Å². The molecule has 3 rings (SSSR count). The van der Waals surface area contributed by atoms with Crippen molar-refractivity contribution in [1.29, 1.82) is 0 Å². The molecule has 1 aliphatic carbocycles. The molecule has 26 heavy (non-hydrogen) atoms. The van der Waals surface area contributed by atoms with Crippen LogP contribution in [0.3, 0.4) is 0 Å². The van der Waals surface area contributed by atoms with E-state index < -0.39 is 17.4 Å². The van der Waals surface area contributed by atoms with Crippen molar-refractivity contribution in [3.05, 3.63) is 54.8 Å². The van der Waals surface area contributed by atoms with Gasteiger partial charge in [0.25, 0.3) is 0 Å². The minimum atomic E-state index is -1.34. The van der Waals surface area contributed by atoms with Crippen molar-refractivity contribution >= 4 is 28.7 Å². The second-order valence-corrected chi connectivity index (χ2v) is 5.88. The smallest absolute Gasteiger partial charge is 0.330 e. The number of carbonyl (C=O) groups is 2. The quantitative estimate of drug-likeness (QED) is 0.603. The highest BCUT2D eigenvalue weighted by Crippen LogP contribution is 2.37. The number of hydrogen-bond acceptors (Lipinski definition) is 6. The van der Waals surface area contributed by atoms with Gasteiger partial charge in [-0.2, -0.15) is 0 Å². The molecule has 2 aromatic rings. The average Bonchev–Trinajstić information content (AvgIpc) is 3.06. The van der Waals surface area contributed by atoms with Crippen molar-refractivity contribution < 1.29 is 24.5 Å². The lowest BCUT2D eigenvalue weighted by atomic mass is 9.78. The Balaban J connectivity index is 1.95. The van der Waals surface area contributed by atoms with Crippen LogP contribution >= 0.6 is 0 Å². The zero-order chi connectivity index (χ0) is 18.7. The summed E-state index contributed by atoms with van der Waals surface area (Å²) in [4.78, 5) is 24.3. The fraction of sp³-hybridized carbons (Fsp3) is 0.222. The molecule has 1 aromatic heterocycles. The van der Waals surface area contributed by atoms with E-state index in [1.807, 2.05) is 12.1 Å². The maximum Gasteiger partial charge on any atom is 0.330 e. The van der Waals surface area contributed by atoms with Crippen LogP contribution in [0.1, 0.15) is 12.8 Å². The van der Waals surface area contributed by atoms with Gasteiger partial charge in [-0.1, -0.05) is 18.7 Å². The van der Waals surface area contributed by atoms with Crippen molar-refractivity contribution in [2.24, 2.45) is 5.41 Å². The highest BCUT2D eigenvalue weighted by atomic mass is 16.5. The number of esters is 1. The van der Waals surface area contributed by atoms with Gasteiger partial charge in [0.15, 0.2) is 0 Å². The molecule has 0 bridgehead atoms. The second kappa shape index (κ2) is 6.83. The Morgan fingerprint density at radius 2 is 1.96 bits per heavy atom. The maximum absolute atomic E-state index is 11.9. The van der Waals surface area contributed by atoms with Crippen molar-refractivity contribution in [1.82, 2.24) is 15.0 Å². The number of ether oxygens (including phenoxy) is 1. The van der Waals surface area contributed by atoms with Crippen LogP contribution in [0.25, 0.3) is 16.7 Å². The molecule has 8 heteroatoms. The van der Waals surface area contributed by atoms with Crippen molar-refractivity contribution in [2.75, 3.05) is 6.61 Å². The topological polar surface area (TPSA) is 115 Å². The molecule has 1 unspecified atom stereocenters. The van der Waals surface area contributed by atoms with Crippen LogP contribution < -0.4 is 0 Å². The number of carboxylic acid groups (broad SMARTS) is 1. The largest absolute Gasteiger partial charge is 0.506 e. The van der Waals surface area contributed by atoms with Crippen LogP contribution in [-0.2, 0) is 14.3 Å². The van der Waals surface area contributed by atoms with Gasteiger partial charge in [-0.15, -0.1) is 15.0 Å². The fourth-order valence-electron chi connectivity index (χ4n) is 2.73. The number of rotatable bonds is 6. The summed E-state index contributed by atoms with van der Waals surface area (Å²) >= 11 is 0. The number of aliphatic hydroxyl groups is 1. The van der Waals surface area contributed by atoms with E-state index in [0.717, 1.165) is 6.08 Å². The molecule has 8 nitrogen and oxygen atoms in total. The molecule has 0 saturated carbocycles. The number of nitrogens with zero attached hydrogens (tertiary/aromatic N) is 3. The first kappa shape index (κ1) is 17.4. The molecule has 0 aliphatic heterocycles. The van der Waals surface area contributed by atoms with Crippen LogP contribution in [-0.4, -0.2) is 43.8 Å². The fourth-order valence-corrected chi connectivity index (χ4v) is 2.73. The van der Waals surface area contributed by atoms with Gasteiger partial charge in [0.2, 0.25) is 0 Å². The number of benzene rings is 1. The molecule has 1 aromatic carbocycles. The number of aromatic nitrogens is 3. The molecule has 0 spiro atoms. The Morgan fingerprint density at radius 3 is 2.54 bits per heavy atom. The Hall–Kier alpha value is -3.42. The molecular formula is C18H17N3O5. The number of carboxylic acids is 1. The number of carbonyl (C=O) groups excluding carboxylic acids is 1. The van der Waals surface area contributed by atoms with E-state index in [1.165, 1.54) is 16.9 Å². The first-order chi connectivity index (χ1) is 12.4. The lowest BCUT2D eigenvalue weighted by molar-refractivity contribution is -0.149. The number of allylic oxidation sites excluding steroid dienone is 2. The first-order valence-corrected chi connectivity index (χ1v) is 7.92. The summed E-state index contributed by atoms with van der Waals surface area (Å²) in [5, 5.41) is 28.5. The van der Waals surface area contributed by atoms with Crippen molar-refractivity contribution in [3.63, 3.8) is 0 Å². The summed E-state index contributed by atoms with van der Waals surface area (Å²) in [5.41, 5.74) is 0.0631. The van der Waals surface area contributed by atoms with Gasteiger partial charge in [0, 0.05) is 12.5 Å². The van der Waals surface area contributed by atoms with Gasteiger partial charge in [-0.05, 0) is 30.7 Å². The van der Waals surface area contributed by atoms with Crippen LogP contribution in [0.2, 0.25) is 0 Å². The molecule has 0 saturated heterocycles. The standard InChI is InChI=1S/C18H17N3O5/c1-2-16(23)26-10-9-18(17(24)25)8-7-15(22)14(11-18)21-19-12-5-3-4-6-13(12)20-21/h2-7,11,22H,1,8-10H2,(H,24,25). The van der Waals surface area contributed by atoms with Crippen LogP contribution in [0.15, 0.2) is 54.8 Å². The van der Waals surface area contributed by atoms with Gasteiger partial charge in [-0.25, -0.2) is 4.79 Å². The summed E-state index contributed by atoms with van der Waals surface area (Å²) in [6.45, 7) is 3.20. The average molecular weight is 355 g/mol. The van der Waals surface area contributed by atoms with E-state index in [4.69, 9.17) is 4.74 Å². The lowest BCUT2D eigenvalue weighted by Gasteiger charge is -2.28. The maximum atomic E-state index is 11.9. The van der Waals surface area contributed by atoms with E-state index in [-0.39, 0.29) is 30.9 Å². The molecule has 134 valence electrons. The first-order valence-electron chi connectivity index (χ1n) is 7.92. The summed E-state index contributed by atoms with van der Waals surface area (Å²) in [5.74, 6) is -1.82. The van der Waals surface area contributed by atoms with Gasteiger partial charge in [0.1, 0.15) is 22.5 Å². The van der Waals surface area contributed by atoms with Gasteiger partial charge in [0.05, 0.1) is 12.0 Å². The minimum Gasteiger partial charge on any atom is -0.506 e. The number of fused-ring (bicyclic) bond motifs is 1. The molecule has 0 amide bonds. The summed E-state index contributed by atoms with van der Waals surface area (Å²) in [6, 6.07) is 7.15. The summed E-state index contributed by atoms with van der Waals surface area (Å²) < 4.78 is 4.91. The monoisotopic (exact) mass is 355 g/mol. The molecule has 0 radical (unpaired) electrons.